The van der Waals surface area contributed by atoms with Gasteiger partial charge in [-0.2, -0.15) is 0 Å². The van der Waals surface area contributed by atoms with Gasteiger partial charge in [0, 0.05) is 11.6 Å². The Morgan fingerprint density at radius 3 is 2.10 bits per heavy atom. The molecule has 4 bridgehead atoms. The van der Waals surface area contributed by atoms with Gasteiger partial charge in [0.05, 0.1) is 7.11 Å². The molecule has 1 N–H and O–H groups in total. The lowest BCUT2D eigenvalue weighted by Crippen LogP contribution is -2.49. The largest absolute Gasteiger partial charge is 0.497 e. The quantitative estimate of drug-likeness (QED) is 0.919. The number of nitrogens with one attached hydrogen (secondary N) is 1. The number of anilines is 1. The zero-order valence-corrected chi connectivity index (χ0v) is 12.5. The highest BCUT2D eigenvalue weighted by Crippen LogP contribution is 2.56. The van der Waals surface area contributed by atoms with E-state index in [-0.39, 0.29) is 11.8 Å². The number of carbonyl (C=O) groups is 1. The highest BCUT2D eigenvalue weighted by molar-refractivity contribution is 5.93. The molecule has 0 aliphatic heterocycles. The molecule has 5 rings (SSSR count). The van der Waals surface area contributed by atoms with Crippen molar-refractivity contribution in [2.75, 3.05) is 12.4 Å². The topological polar surface area (TPSA) is 38.3 Å². The van der Waals surface area contributed by atoms with Crippen molar-refractivity contribution in [3.8, 4) is 5.75 Å². The second kappa shape index (κ2) is 5.04. The molecule has 1 aromatic carbocycles. The van der Waals surface area contributed by atoms with Crippen LogP contribution in [-0.2, 0) is 4.79 Å². The summed E-state index contributed by atoms with van der Waals surface area (Å²) in [6.07, 6.45) is 6.57. The zero-order chi connectivity index (χ0) is 14.4. The van der Waals surface area contributed by atoms with E-state index in [0.717, 1.165) is 23.3 Å². The second-order valence-corrected chi connectivity index (χ2v) is 7.17. The van der Waals surface area contributed by atoms with Gasteiger partial charge < -0.3 is 10.1 Å². The molecule has 4 aliphatic carbocycles. The van der Waals surface area contributed by atoms with Gasteiger partial charge >= 0.3 is 0 Å². The fourth-order valence-electron chi connectivity index (χ4n) is 5.25. The van der Waals surface area contributed by atoms with Crippen molar-refractivity contribution in [3.05, 3.63) is 24.3 Å². The van der Waals surface area contributed by atoms with Gasteiger partial charge in [-0.05, 0) is 80.0 Å². The molecule has 3 heteroatoms. The Labute approximate surface area is 126 Å². The summed E-state index contributed by atoms with van der Waals surface area (Å²) in [6, 6.07) is 7.64. The Hall–Kier alpha value is -1.51. The molecule has 112 valence electrons. The first-order valence-electron chi connectivity index (χ1n) is 8.18. The molecule has 0 atom stereocenters. The maximum absolute atomic E-state index is 12.7. The van der Waals surface area contributed by atoms with Crippen LogP contribution in [0.2, 0.25) is 0 Å². The number of rotatable bonds is 3. The van der Waals surface area contributed by atoms with E-state index in [9.17, 15) is 4.79 Å². The van der Waals surface area contributed by atoms with Crippen LogP contribution in [-0.4, -0.2) is 13.0 Å². The average Bonchev–Trinajstić information content (AvgIpc) is 2.47. The number of amides is 1. The van der Waals surface area contributed by atoms with E-state index in [1.54, 1.807) is 7.11 Å². The van der Waals surface area contributed by atoms with Crippen molar-refractivity contribution in [2.45, 2.75) is 32.1 Å². The molecular weight excluding hydrogens is 262 g/mol. The third-order valence-electron chi connectivity index (χ3n) is 5.89. The van der Waals surface area contributed by atoms with E-state index >= 15 is 0 Å². The monoisotopic (exact) mass is 285 g/mol. The van der Waals surface area contributed by atoms with Gasteiger partial charge in [0.1, 0.15) is 5.75 Å². The Balaban J connectivity index is 1.47. The van der Waals surface area contributed by atoms with Crippen LogP contribution in [0.5, 0.6) is 5.75 Å². The van der Waals surface area contributed by atoms with Gasteiger partial charge in [-0.3, -0.25) is 4.79 Å². The van der Waals surface area contributed by atoms with Crippen LogP contribution in [0.4, 0.5) is 5.69 Å². The standard InChI is InChI=1S/C18H23NO2/c1-21-16-4-2-15(3-5-16)19-18(20)17-13-7-11-6-12(9-13)10-14(17)8-11/h2-5,11-14,17H,6-10H2,1H3,(H,19,20). The van der Waals surface area contributed by atoms with E-state index in [4.69, 9.17) is 4.74 Å². The first kappa shape index (κ1) is 13.2. The van der Waals surface area contributed by atoms with Crippen molar-refractivity contribution in [3.63, 3.8) is 0 Å². The average molecular weight is 285 g/mol. The van der Waals surface area contributed by atoms with E-state index in [0.29, 0.717) is 11.8 Å². The predicted octanol–water partition coefficient (Wildman–Crippen LogP) is 3.71. The molecule has 4 aliphatic rings. The lowest BCUT2D eigenvalue weighted by molar-refractivity contribution is -0.132. The summed E-state index contributed by atoms with van der Waals surface area (Å²) in [7, 11) is 1.65. The molecule has 0 spiro atoms. The molecule has 0 heterocycles. The van der Waals surface area contributed by atoms with Crippen molar-refractivity contribution in [2.24, 2.45) is 29.6 Å². The molecule has 3 nitrogen and oxygen atoms in total. The van der Waals surface area contributed by atoms with Crippen LogP contribution in [0.3, 0.4) is 0 Å². The van der Waals surface area contributed by atoms with Gasteiger partial charge in [0.15, 0.2) is 0 Å². The van der Waals surface area contributed by atoms with Crippen LogP contribution in [0, 0.1) is 29.6 Å². The number of ether oxygens (including phenoxy) is 1. The number of carbonyl (C=O) groups excluding carboxylic acids is 1. The molecular formula is C18H23NO2. The van der Waals surface area contributed by atoms with Crippen LogP contribution in [0.15, 0.2) is 24.3 Å². The third kappa shape index (κ3) is 2.33. The summed E-state index contributed by atoms with van der Waals surface area (Å²) in [4.78, 5) is 12.7. The summed E-state index contributed by atoms with van der Waals surface area (Å²) in [6.45, 7) is 0. The van der Waals surface area contributed by atoms with Crippen LogP contribution >= 0.6 is 0 Å². The molecule has 1 aromatic rings. The van der Waals surface area contributed by atoms with Gasteiger partial charge in [-0.25, -0.2) is 0 Å². The molecule has 0 aromatic heterocycles. The van der Waals surface area contributed by atoms with Crippen molar-refractivity contribution < 1.29 is 9.53 Å². The Bertz CT molecular complexity index is 509. The first-order valence-corrected chi connectivity index (χ1v) is 8.18. The fourth-order valence-corrected chi connectivity index (χ4v) is 5.25. The van der Waals surface area contributed by atoms with E-state index in [1.165, 1.54) is 32.1 Å². The van der Waals surface area contributed by atoms with Gasteiger partial charge in [-0.1, -0.05) is 0 Å². The fraction of sp³-hybridized carbons (Fsp3) is 0.611. The molecule has 0 radical (unpaired) electrons. The highest BCUT2D eigenvalue weighted by Gasteiger charge is 2.50. The highest BCUT2D eigenvalue weighted by atomic mass is 16.5. The van der Waals surface area contributed by atoms with E-state index in [1.807, 2.05) is 24.3 Å². The molecule has 0 saturated heterocycles. The first-order chi connectivity index (χ1) is 10.2. The number of hydrogen-bond donors (Lipinski definition) is 1. The lowest BCUT2D eigenvalue weighted by atomic mass is 9.51. The smallest absolute Gasteiger partial charge is 0.228 e. The van der Waals surface area contributed by atoms with Crippen molar-refractivity contribution in [1.29, 1.82) is 0 Å². The van der Waals surface area contributed by atoms with Crippen LogP contribution < -0.4 is 10.1 Å². The van der Waals surface area contributed by atoms with E-state index < -0.39 is 0 Å². The predicted molar refractivity (Wildman–Crippen MR) is 82.2 cm³/mol. The molecule has 0 unspecified atom stereocenters. The Morgan fingerprint density at radius 2 is 1.57 bits per heavy atom. The van der Waals surface area contributed by atoms with Crippen molar-refractivity contribution >= 4 is 11.6 Å². The Kier molecular flexibility index (Phi) is 3.16. The lowest BCUT2D eigenvalue weighted by Gasteiger charge is -2.53. The summed E-state index contributed by atoms with van der Waals surface area (Å²) in [5.41, 5.74) is 0.884. The minimum absolute atomic E-state index is 0.244. The van der Waals surface area contributed by atoms with Crippen LogP contribution in [0.25, 0.3) is 0 Å². The number of hydrogen-bond acceptors (Lipinski definition) is 2. The minimum Gasteiger partial charge on any atom is -0.497 e. The maximum Gasteiger partial charge on any atom is 0.228 e. The maximum atomic E-state index is 12.7. The summed E-state index contributed by atoms with van der Waals surface area (Å²) < 4.78 is 5.16. The van der Waals surface area contributed by atoms with E-state index in [2.05, 4.69) is 5.32 Å². The van der Waals surface area contributed by atoms with Crippen LogP contribution in [0.1, 0.15) is 32.1 Å². The van der Waals surface area contributed by atoms with Crippen molar-refractivity contribution in [1.82, 2.24) is 0 Å². The van der Waals surface area contributed by atoms with Gasteiger partial charge in [-0.15, -0.1) is 0 Å². The SMILES string of the molecule is COc1ccc(NC(=O)C2C3CC4CC(C3)CC2C4)cc1. The molecule has 21 heavy (non-hydrogen) atoms. The summed E-state index contributed by atoms with van der Waals surface area (Å²) >= 11 is 0. The third-order valence-corrected chi connectivity index (χ3v) is 5.89. The summed E-state index contributed by atoms with van der Waals surface area (Å²) in [5, 5.41) is 3.13. The van der Waals surface area contributed by atoms with Gasteiger partial charge in [0.2, 0.25) is 5.91 Å². The van der Waals surface area contributed by atoms with Gasteiger partial charge in [0.25, 0.3) is 0 Å². The summed E-state index contributed by atoms with van der Waals surface area (Å²) in [5.74, 6) is 4.42. The normalized spacial score (nSPS) is 36.5. The Morgan fingerprint density at radius 1 is 1.00 bits per heavy atom. The number of methoxy groups -OCH3 is 1. The molecule has 1 amide bonds. The molecule has 4 saturated carbocycles. The second-order valence-electron chi connectivity index (χ2n) is 7.17. The minimum atomic E-state index is 0.244. The molecule has 4 fully saturated rings. The number of benzene rings is 1. The zero-order valence-electron chi connectivity index (χ0n) is 12.5.